The van der Waals surface area contributed by atoms with Crippen molar-refractivity contribution in [3.05, 3.63) is 59.7 Å². The van der Waals surface area contributed by atoms with Gasteiger partial charge in [0.05, 0.1) is 18.2 Å². The van der Waals surface area contributed by atoms with Crippen molar-refractivity contribution in [1.29, 1.82) is 0 Å². The lowest BCUT2D eigenvalue weighted by Gasteiger charge is -2.17. The van der Waals surface area contributed by atoms with Gasteiger partial charge in [-0.2, -0.15) is 0 Å². The molecule has 0 aliphatic carbocycles. The van der Waals surface area contributed by atoms with Gasteiger partial charge in [0.2, 0.25) is 0 Å². The first-order chi connectivity index (χ1) is 9.61. The van der Waals surface area contributed by atoms with Gasteiger partial charge in [0, 0.05) is 6.07 Å². The summed E-state index contributed by atoms with van der Waals surface area (Å²) in [7, 11) is 0. The highest BCUT2D eigenvalue weighted by atomic mass is 16.3. The molecule has 0 saturated carbocycles. The molecule has 2 rings (SSSR count). The summed E-state index contributed by atoms with van der Waals surface area (Å²) >= 11 is 0. The Balaban J connectivity index is 2.17. The number of hydrogen-bond donors (Lipinski definition) is 4. The molecule has 5 heteroatoms. The number of phenols is 2. The normalized spacial score (nSPS) is 11.8. The molecule has 2 aromatic rings. The van der Waals surface area contributed by atoms with Gasteiger partial charge in [-0.25, -0.2) is 0 Å². The van der Waals surface area contributed by atoms with Crippen LogP contribution in [0.3, 0.4) is 0 Å². The van der Waals surface area contributed by atoms with E-state index in [1.165, 1.54) is 12.1 Å². The Hall–Kier alpha value is -2.53. The number of rotatable bonds is 4. The minimum atomic E-state index is -0.558. The number of carbonyl (C=O) groups is 1. The molecule has 0 radical (unpaired) electrons. The Labute approximate surface area is 116 Å². The predicted octanol–water partition coefficient (Wildman–Crippen LogP) is 1.56. The van der Waals surface area contributed by atoms with Crippen molar-refractivity contribution in [3.63, 3.8) is 0 Å². The number of benzene rings is 2. The lowest BCUT2D eigenvalue weighted by atomic mass is 10.1. The van der Waals surface area contributed by atoms with E-state index in [0.29, 0.717) is 0 Å². The van der Waals surface area contributed by atoms with Crippen LogP contribution in [0.15, 0.2) is 48.5 Å². The molecule has 0 aliphatic heterocycles. The largest absolute Gasteiger partial charge is 0.508 e. The van der Waals surface area contributed by atoms with Crippen molar-refractivity contribution in [2.24, 2.45) is 0 Å². The third-order valence-electron chi connectivity index (χ3n) is 2.92. The van der Waals surface area contributed by atoms with Crippen molar-refractivity contribution in [2.75, 3.05) is 6.61 Å². The van der Waals surface area contributed by atoms with Crippen molar-refractivity contribution in [1.82, 2.24) is 5.32 Å². The molecule has 1 atom stereocenters. The molecule has 0 saturated heterocycles. The number of amides is 1. The molecule has 0 spiro atoms. The number of aliphatic hydroxyl groups excluding tert-OH is 1. The molecule has 104 valence electrons. The molecular weight excluding hydrogens is 258 g/mol. The van der Waals surface area contributed by atoms with Gasteiger partial charge in [-0.1, -0.05) is 30.3 Å². The van der Waals surface area contributed by atoms with E-state index in [1.807, 2.05) is 18.2 Å². The van der Waals surface area contributed by atoms with E-state index < -0.39 is 11.9 Å². The first-order valence-corrected chi connectivity index (χ1v) is 6.10. The molecule has 0 fully saturated rings. The van der Waals surface area contributed by atoms with Gasteiger partial charge in [0.25, 0.3) is 5.91 Å². The Morgan fingerprint density at radius 2 is 1.80 bits per heavy atom. The molecule has 4 N–H and O–H groups in total. The Kier molecular flexibility index (Phi) is 4.22. The molecule has 0 aliphatic rings. The highest BCUT2D eigenvalue weighted by molar-refractivity contribution is 5.97. The topological polar surface area (TPSA) is 89.8 Å². The molecule has 1 amide bonds. The summed E-state index contributed by atoms with van der Waals surface area (Å²) in [4.78, 5) is 12.1. The minimum Gasteiger partial charge on any atom is -0.508 e. The van der Waals surface area contributed by atoms with Crippen LogP contribution < -0.4 is 5.32 Å². The number of aromatic hydroxyl groups is 2. The molecule has 2 aromatic carbocycles. The van der Waals surface area contributed by atoms with Crippen LogP contribution in [0.2, 0.25) is 0 Å². The van der Waals surface area contributed by atoms with Gasteiger partial charge < -0.3 is 20.6 Å². The highest BCUT2D eigenvalue weighted by Gasteiger charge is 2.17. The maximum atomic E-state index is 12.1. The number of hydrogen-bond acceptors (Lipinski definition) is 4. The second-order valence-electron chi connectivity index (χ2n) is 4.32. The Bertz CT molecular complexity index is 598. The SMILES string of the molecule is O=C(N[C@H](CO)c1ccccc1)c1ccc(O)cc1O. The summed E-state index contributed by atoms with van der Waals surface area (Å²) in [6.45, 7) is -0.255. The zero-order valence-corrected chi connectivity index (χ0v) is 10.7. The maximum Gasteiger partial charge on any atom is 0.255 e. The molecule has 0 unspecified atom stereocenters. The monoisotopic (exact) mass is 273 g/mol. The molecule has 5 nitrogen and oxygen atoms in total. The summed E-state index contributed by atoms with van der Waals surface area (Å²) in [6, 6.07) is 12.2. The molecular formula is C15H15NO4. The van der Waals surface area contributed by atoms with E-state index >= 15 is 0 Å². The average molecular weight is 273 g/mol. The summed E-state index contributed by atoms with van der Waals surface area (Å²) in [6.07, 6.45) is 0. The van der Waals surface area contributed by atoms with Crippen LogP contribution in [0, 0.1) is 0 Å². The van der Waals surface area contributed by atoms with Crippen molar-refractivity contribution in [2.45, 2.75) is 6.04 Å². The fourth-order valence-electron chi connectivity index (χ4n) is 1.87. The molecule has 0 bridgehead atoms. The summed E-state index contributed by atoms with van der Waals surface area (Å²) < 4.78 is 0. The minimum absolute atomic E-state index is 0.0391. The smallest absolute Gasteiger partial charge is 0.255 e. The van der Waals surface area contributed by atoms with Gasteiger partial charge in [-0.05, 0) is 17.7 Å². The van der Waals surface area contributed by atoms with Gasteiger partial charge in [0.15, 0.2) is 0 Å². The fraction of sp³-hybridized carbons (Fsp3) is 0.133. The molecule has 20 heavy (non-hydrogen) atoms. The lowest BCUT2D eigenvalue weighted by molar-refractivity contribution is 0.0913. The molecule has 0 heterocycles. The third kappa shape index (κ3) is 3.07. The van der Waals surface area contributed by atoms with Crippen LogP contribution in [0.25, 0.3) is 0 Å². The summed E-state index contributed by atoms with van der Waals surface area (Å²) in [5.41, 5.74) is 0.804. The predicted molar refractivity (Wildman–Crippen MR) is 73.5 cm³/mol. The Morgan fingerprint density at radius 3 is 2.40 bits per heavy atom. The van der Waals surface area contributed by atoms with E-state index in [4.69, 9.17) is 0 Å². The van der Waals surface area contributed by atoms with E-state index in [0.717, 1.165) is 11.6 Å². The number of aliphatic hydroxyl groups is 1. The van der Waals surface area contributed by atoms with Crippen molar-refractivity contribution in [3.8, 4) is 11.5 Å². The highest BCUT2D eigenvalue weighted by Crippen LogP contribution is 2.23. The standard InChI is InChI=1S/C15H15NO4/c17-9-13(10-4-2-1-3-5-10)16-15(20)12-7-6-11(18)8-14(12)19/h1-8,13,17-19H,9H2,(H,16,20)/t13-/m1/s1. The Morgan fingerprint density at radius 1 is 1.10 bits per heavy atom. The zero-order chi connectivity index (χ0) is 14.5. The van der Waals surface area contributed by atoms with Crippen LogP contribution in [-0.2, 0) is 0 Å². The van der Waals surface area contributed by atoms with Crippen LogP contribution in [0.4, 0.5) is 0 Å². The second-order valence-corrected chi connectivity index (χ2v) is 4.32. The zero-order valence-electron chi connectivity index (χ0n) is 10.7. The molecule has 0 aromatic heterocycles. The number of carbonyl (C=O) groups excluding carboxylic acids is 1. The average Bonchev–Trinajstić information content (AvgIpc) is 2.45. The first-order valence-electron chi connectivity index (χ1n) is 6.10. The second kappa shape index (κ2) is 6.08. The first kappa shape index (κ1) is 13.9. The quantitative estimate of drug-likeness (QED) is 0.680. The van der Waals surface area contributed by atoms with E-state index in [1.54, 1.807) is 12.1 Å². The summed E-state index contributed by atoms with van der Waals surface area (Å²) in [5.74, 6) is -0.960. The van der Waals surface area contributed by atoms with Crippen molar-refractivity contribution < 1.29 is 20.1 Å². The van der Waals surface area contributed by atoms with E-state index in [2.05, 4.69) is 5.32 Å². The van der Waals surface area contributed by atoms with Gasteiger partial charge in [-0.15, -0.1) is 0 Å². The van der Waals surface area contributed by atoms with Gasteiger partial charge >= 0.3 is 0 Å². The van der Waals surface area contributed by atoms with E-state index in [9.17, 15) is 20.1 Å². The van der Waals surface area contributed by atoms with Gasteiger partial charge in [0.1, 0.15) is 11.5 Å². The van der Waals surface area contributed by atoms with Crippen molar-refractivity contribution >= 4 is 5.91 Å². The summed E-state index contributed by atoms with van der Waals surface area (Å²) in [5, 5.41) is 30.8. The maximum absolute atomic E-state index is 12.1. The van der Waals surface area contributed by atoms with Gasteiger partial charge in [-0.3, -0.25) is 4.79 Å². The fourth-order valence-corrected chi connectivity index (χ4v) is 1.87. The van der Waals surface area contributed by atoms with Crippen LogP contribution in [0.5, 0.6) is 11.5 Å². The van der Waals surface area contributed by atoms with Crippen LogP contribution in [-0.4, -0.2) is 27.8 Å². The number of nitrogens with one attached hydrogen (secondary N) is 1. The third-order valence-corrected chi connectivity index (χ3v) is 2.92. The van der Waals surface area contributed by atoms with E-state index in [-0.39, 0.29) is 23.7 Å². The lowest BCUT2D eigenvalue weighted by Crippen LogP contribution is -2.30. The number of phenolic OH excluding ortho intramolecular Hbond substituents is 2. The van der Waals surface area contributed by atoms with Crippen LogP contribution in [0.1, 0.15) is 22.0 Å². The van der Waals surface area contributed by atoms with Crippen LogP contribution >= 0.6 is 0 Å².